The summed E-state index contributed by atoms with van der Waals surface area (Å²) in [6.07, 6.45) is -0.210. The van der Waals surface area contributed by atoms with Gasteiger partial charge in [-0.15, -0.1) is 0 Å². The van der Waals surface area contributed by atoms with Crippen molar-refractivity contribution in [3.63, 3.8) is 0 Å². The maximum atomic E-state index is 12.2. The van der Waals surface area contributed by atoms with Crippen LogP contribution < -0.4 is 10.1 Å². The van der Waals surface area contributed by atoms with Crippen molar-refractivity contribution in [1.29, 1.82) is 0 Å². The number of carbonyl (C=O) groups is 2. The summed E-state index contributed by atoms with van der Waals surface area (Å²) in [5.41, 5.74) is 0.207. The van der Waals surface area contributed by atoms with Crippen molar-refractivity contribution in [2.24, 2.45) is 0 Å². The Balaban J connectivity index is 2.18. The minimum absolute atomic E-state index is 0.00883. The summed E-state index contributed by atoms with van der Waals surface area (Å²) >= 11 is 0. The molecule has 1 heterocycles. The van der Waals surface area contributed by atoms with E-state index in [0.29, 0.717) is 19.0 Å². The van der Waals surface area contributed by atoms with E-state index in [4.69, 9.17) is 19.3 Å². The molecule has 0 spiro atoms. The zero-order valence-electron chi connectivity index (χ0n) is 11.8. The molecule has 1 aliphatic rings. The van der Waals surface area contributed by atoms with Gasteiger partial charge in [-0.1, -0.05) is 0 Å². The summed E-state index contributed by atoms with van der Waals surface area (Å²) in [5.74, 6) is -1.21. The number of hydrogen-bond acceptors (Lipinski definition) is 5. The fourth-order valence-corrected chi connectivity index (χ4v) is 2.12. The molecule has 1 fully saturated rings. The van der Waals surface area contributed by atoms with Crippen molar-refractivity contribution in [2.45, 2.75) is 12.1 Å². The molecule has 0 radical (unpaired) electrons. The van der Waals surface area contributed by atoms with Crippen LogP contribution in [0.5, 0.6) is 5.75 Å². The number of carboxylic acids is 1. The second-order valence-corrected chi connectivity index (χ2v) is 4.65. The SMILES string of the molecule is COc1cc(C(=O)O)cc(C(=O)N[C@H]2COC[C@@H]2OC)c1. The van der Waals surface area contributed by atoms with Crippen LogP contribution in [0.4, 0.5) is 0 Å². The highest BCUT2D eigenvalue weighted by Crippen LogP contribution is 2.18. The fourth-order valence-electron chi connectivity index (χ4n) is 2.12. The Morgan fingerprint density at radius 1 is 1.24 bits per heavy atom. The number of carbonyl (C=O) groups excluding carboxylic acids is 1. The highest BCUT2D eigenvalue weighted by atomic mass is 16.5. The topological polar surface area (TPSA) is 94.1 Å². The summed E-state index contributed by atoms with van der Waals surface area (Å²) in [4.78, 5) is 23.3. The van der Waals surface area contributed by atoms with E-state index in [1.807, 2.05) is 0 Å². The third-order valence-electron chi connectivity index (χ3n) is 3.30. The molecular weight excluding hydrogens is 278 g/mol. The number of aromatic carboxylic acids is 1. The van der Waals surface area contributed by atoms with E-state index in [0.717, 1.165) is 0 Å². The number of carboxylic acid groups (broad SMARTS) is 1. The summed E-state index contributed by atoms with van der Waals surface area (Å²) < 4.78 is 15.5. The number of amides is 1. The normalized spacial score (nSPS) is 21.0. The Kier molecular flexibility index (Phi) is 4.77. The van der Waals surface area contributed by atoms with E-state index in [1.165, 1.54) is 25.3 Å². The van der Waals surface area contributed by atoms with E-state index in [-0.39, 0.29) is 23.3 Å². The Labute approximate surface area is 121 Å². The molecule has 7 heteroatoms. The maximum Gasteiger partial charge on any atom is 0.335 e. The van der Waals surface area contributed by atoms with E-state index in [1.54, 1.807) is 7.11 Å². The van der Waals surface area contributed by atoms with Crippen LogP contribution in [0.3, 0.4) is 0 Å². The van der Waals surface area contributed by atoms with Crippen LogP contribution in [0.15, 0.2) is 18.2 Å². The van der Waals surface area contributed by atoms with Gasteiger partial charge in [-0.3, -0.25) is 4.79 Å². The lowest BCUT2D eigenvalue weighted by Crippen LogP contribution is -2.43. The average Bonchev–Trinajstić information content (AvgIpc) is 2.93. The van der Waals surface area contributed by atoms with Crippen molar-refractivity contribution in [3.8, 4) is 5.75 Å². The third kappa shape index (κ3) is 3.50. The van der Waals surface area contributed by atoms with Gasteiger partial charge in [0.2, 0.25) is 0 Å². The monoisotopic (exact) mass is 295 g/mol. The average molecular weight is 295 g/mol. The van der Waals surface area contributed by atoms with Crippen LogP contribution >= 0.6 is 0 Å². The number of rotatable bonds is 5. The molecule has 0 saturated carbocycles. The first-order chi connectivity index (χ1) is 10.0. The van der Waals surface area contributed by atoms with Gasteiger partial charge in [-0.25, -0.2) is 4.79 Å². The summed E-state index contributed by atoms with van der Waals surface area (Å²) in [6, 6.07) is 3.88. The van der Waals surface area contributed by atoms with Gasteiger partial charge < -0.3 is 24.6 Å². The first-order valence-electron chi connectivity index (χ1n) is 6.39. The second-order valence-electron chi connectivity index (χ2n) is 4.65. The third-order valence-corrected chi connectivity index (χ3v) is 3.30. The maximum absolute atomic E-state index is 12.2. The second kappa shape index (κ2) is 6.55. The predicted octanol–water partition coefficient (Wildman–Crippen LogP) is 0.537. The molecule has 0 aliphatic carbocycles. The molecule has 0 bridgehead atoms. The van der Waals surface area contributed by atoms with Gasteiger partial charge in [0.05, 0.1) is 31.9 Å². The predicted molar refractivity (Wildman–Crippen MR) is 72.8 cm³/mol. The Bertz CT molecular complexity index is 544. The Hall–Kier alpha value is -2.12. The number of hydrogen-bond donors (Lipinski definition) is 2. The largest absolute Gasteiger partial charge is 0.497 e. The lowest BCUT2D eigenvalue weighted by atomic mass is 10.1. The molecular formula is C14H17NO6. The van der Waals surface area contributed by atoms with Gasteiger partial charge in [-0.2, -0.15) is 0 Å². The van der Waals surface area contributed by atoms with Gasteiger partial charge in [0, 0.05) is 12.7 Å². The van der Waals surface area contributed by atoms with E-state index in [2.05, 4.69) is 5.32 Å². The smallest absolute Gasteiger partial charge is 0.335 e. The molecule has 2 N–H and O–H groups in total. The molecule has 1 aliphatic heterocycles. The van der Waals surface area contributed by atoms with Crippen molar-refractivity contribution >= 4 is 11.9 Å². The van der Waals surface area contributed by atoms with Crippen molar-refractivity contribution in [3.05, 3.63) is 29.3 Å². The van der Waals surface area contributed by atoms with E-state index < -0.39 is 11.9 Å². The molecule has 21 heavy (non-hydrogen) atoms. The number of methoxy groups -OCH3 is 2. The zero-order valence-corrected chi connectivity index (χ0v) is 11.8. The quantitative estimate of drug-likeness (QED) is 0.823. The van der Waals surface area contributed by atoms with Crippen LogP contribution in [-0.4, -0.2) is 56.6 Å². The van der Waals surface area contributed by atoms with Crippen molar-refractivity contribution in [1.82, 2.24) is 5.32 Å². The van der Waals surface area contributed by atoms with Crippen molar-refractivity contribution in [2.75, 3.05) is 27.4 Å². The molecule has 0 unspecified atom stereocenters. The molecule has 114 valence electrons. The van der Waals surface area contributed by atoms with Crippen LogP contribution in [0.2, 0.25) is 0 Å². The zero-order chi connectivity index (χ0) is 15.4. The Morgan fingerprint density at radius 2 is 1.95 bits per heavy atom. The van der Waals surface area contributed by atoms with Crippen LogP contribution in [0.25, 0.3) is 0 Å². The first kappa shape index (κ1) is 15.3. The first-order valence-corrected chi connectivity index (χ1v) is 6.39. The molecule has 2 atom stereocenters. The number of benzene rings is 1. The van der Waals surface area contributed by atoms with Crippen LogP contribution in [0.1, 0.15) is 20.7 Å². The standard InChI is InChI=1S/C14H17NO6/c1-19-10-4-8(3-9(5-10)14(17)18)13(16)15-11-6-21-7-12(11)20-2/h3-5,11-12H,6-7H2,1-2H3,(H,15,16)(H,17,18)/t11-,12-/m0/s1. The minimum Gasteiger partial charge on any atom is -0.497 e. The molecule has 1 saturated heterocycles. The highest BCUT2D eigenvalue weighted by molar-refractivity contribution is 5.98. The highest BCUT2D eigenvalue weighted by Gasteiger charge is 2.30. The fraction of sp³-hybridized carbons (Fsp3) is 0.429. The molecule has 1 aromatic carbocycles. The van der Waals surface area contributed by atoms with Gasteiger partial charge in [0.15, 0.2) is 0 Å². The summed E-state index contributed by atoms with van der Waals surface area (Å²) in [7, 11) is 2.96. The van der Waals surface area contributed by atoms with Crippen LogP contribution in [-0.2, 0) is 9.47 Å². The van der Waals surface area contributed by atoms with E-state index >= 15 is 0 Å². The Morgan fingerprint density at radius 3 is 2.57 bits per heavy atom. The van der Waals surface area contributed by atoms with Gasteiger partial charge in [0.25, 0.3) is 5.91 Å². The van der Waals surface area contributed by atoms with E-state index in [9.17, 15) is 9.59 Å². The van der Waals surface area contributed by atoms with Gasteiger partial charge >= 0.3 is 5.97 Å². The summed E-state index contributed by atoms with van der Waals surface area (Å²) in [5, 5.41) is 11.8. The van der Waals surface area contributed by atoms with Crippen LogP contribution in [0, 0.1) is 0 Å². The molecule has 1 aromatic rings. The van der Waals surface area contributed by atoms with Crippen molar-refractivity contribution < 1.29 is 28.9 Å². The number of nitrogens with one attached hydrogen (secondary N) is 1. The minimum atomic E-state index is -1.12. The number of ether oxygens (including phenoxy) is 3. The molecule has 1 amide bonds. The van der Waals surface area contributed by atoms with Gasteiger partial charge in [-0.05, 0) is 18.2 Å². The molecule has 7 nitrogen and oxygen atoms in total. The molecule has 2 rings (SSSR count). The summed E-state index contributed by atoms with van der Waals surface area (Å²) in [6.45, 7) is 0.778. The lowest BCUT2D eigenvalue weighted by Gasteiger charge is -2.18. The lowest BCUT2D eigenvalue weighted by molar-refractivity contribution is 0.0685. The molecule has 0 aromatic heterocycles. The van der Waals surface area contributed by atoms with Gasteiger partial charge in [0.1, 0.15) is 11.9 Å².